The lowest BCUT2D eigenvalue weighted by Gasteiger charge is -2.48. The maximum Gasteiger partial charge on any atom is 0.135 e. The molecule has 2 aliphatic carbocycles. The third kappa shape index (κ3) is 4.13. The number of aromatic nitrogens is 2. The summed E-state index contributed by atoms with van der Waals surface area (Å²) in [5.74, 6) is 2.22. The van der Waals surface area contributed by atoms with Gasteiger partial charge in [-0.05, 0) is 94.4 Å². The van der Waals surface area contributed by atoms with Crippen LogP contribution in [-0.2, 0) is 24.7 Å². The molecule has 3 fully saturated rings. The lowest BCUT2D eigenvalue weighted by atomic mass is 9.59. The molecule has 214 valence electrons. The van der Waals surface area contributed by atoms with Crippen molar-refractivity contribution in [1.82, 2.24) is 14.9 Å². The van der Waals surface area contributed by atoms with Gasteiger partial charge in [0.1, 0.15) is 23.9 Å². The van der Waals surface area contributed by atoms with E-state index in [4.69, 9.17) is 15.7 Å². The summed E-state index contributed by atoms with van der Waals surface area (Å²) in [7, 11) is 0. The van der Waals surface area contributed by atoms with Crippen molar-refractivity contribution in [3.05, 3.63) is 45.9 Å². The van der Waals surface area contributed by atoms with Crippen molar-refractivity contribution in [2.24, 2.45) is 5.41 Å². The second kappa shape index (κ2) is 9.39. The highest BCUT2D eigenvalue weighted by Crippen LogP contribution is 2.52. The van der Waals surface area contributed by atoms with E-state index < -0.39 is 6.17 Å². The fourth-order valence-electron chi connectivity index (χ4n) is 9.03. The number of halogens is 1. The standard InChI is InChI=1S/C33H40FN7/c1-21-6-10-32(29-23(21)4-5-26(37)25(29)16-35)11-7-24-27(15-32)38-28(39-30(24)40-19-31(2,18-36)20-40)8-12-33-9-3-13-41(33)17-22(34)14-33/h4-5,21-22H,3,6-15,17,19-20,37H2,1-2H3. The van der Waals surface area contributed by atoms with Crippen molar-refractivity contribution >= 4 is 11.5 Å². The van der Waals surface area contributed by atoms with Crippen LogP contribution in [0.3, 0.4) is 0 Å². The first kappa shape index (κ1) is 26.7. The average molecular weight is 554 g/mol. The summed E-state index contributed by atoms with van der Waals surface area (Å²) in [4.78, 5) is 15.0. The van der Waals surface area contributed by atoms with Crippen molar-refractivity contribution in [1.29, 1.82) is 10.5 Å². The summed E-state index contributed by atoms with van der Waals surface area (Å²) in [6, 6.07) is 8.97. The number of nitrogens with two attached hydrogens (primary N) is 1. The molecule has 0 bridgehead atoms. The molecular formula is C33H40FN7. The summed E-state index contributed by atoms with van der Waals surface area (Å²) >= 11 is 0. The summed E-state index contributed by atoms with van der Waals surface area (Å²) in [6.45, 7) is 7.17. The molecule has 3 saturated heterocycles. The Hall–Kier alpha value is -3.23. The Labute approximate surface area is 242 Å². The molecule has 0 radical (unpaired) electrons. The zero-order chi connectivity index (χ0) is 28.6. The summed E-state index contributed by atoms with van der Waals surface area (Å²) in [5.41, 5.74) is 11.7. The highest BCUT2D eigenvalue weighted by Gasteiger charge is 2.49. The number of nitriles is 2. The van der Waals surface area contributed by atoms with E-state index in [1.54, 1.807) is 0 Å². The maximum atomic E-state index is 14.5. The van der Waals surface area contributed by atoms with Crippen LogP contribution >= 0.6 is 0 Å². The Morgan fingerprint density at radius 1 is 1.17 bits per heavy atom. The van der Waals surface area contributed by atoms with Crippen molar-refractivity contribution in [3.63, 3.8) is 0 Å². The maximum absolute atomic E-state index is 14.5. The van der Waals surface area contributed by atoms with Gasteiger partial charge in [0.05, 0.1) is 22.7 Å². The minimum atomic E-state index is -0.740. The Morgan fingerprint density at radius 3 is 2.78 bits per heavy atom. The Bertz CT molecular complexity index is 1480. The van der Waals surface area contributed by atoms with E-state index in [1.165, 1.54) is 11.1 Å². The fraction of sp³-hybridized carbons (Fsp3) is 0.636. The Kier molecular flexibility index (Phi) is 6.11. The molecule has 8 heteroatoms. The molecule has 4 atom stereocenters. The van der Waals surface area contributed by atoms with E-state index >= 15 is 0 Å². The second-order valence-electron chi connectivity index (χ2n) is 14.0. The highest BCUT2D eigenvalue weighted by molar-refractivity contribution is 5.65. The third-order valence-electron chi connectivity index (χ3n) is 11.2. The summed E-state index contributed by atoms with van der Waals surface area (Å²) in [5, 5.41) is 19.9. The molecule has 4 heterocycles. The number of hydrogen-bond acceptors (Lipinski definition) is 7. The van der Waals surface area contributed by atoms with Gasteiger partial charge in [0.15, 0.2) is 0 Å². The van der Waals surface area contributed by atoms with Gasteiger partial charge in [-0.15, -0.1) is 0 Å². The van der Waals surface area contributed by atoms with Gasteiger partial charge in [-0.2, -0.15) is 10.5 Å². The van der Waals surface area contributed by atoms with Crippen molar-refractivity contribution < 1.29 is 4.39 Å². The van der Waals surface area contributed by atoms with Crippen LogP contribution in [0.15, 0.2) is 12.1 Å². The van der Waals surface area contributed by atoms with Crippen molar-refractivity contribution in [3.8, 4) is 12.1 Å². The van der Waals surface area contributed by atoms with E-state index in [2.05, 4.69) is 34.9 Å². The van der Waals surface area contributed by atoms with E-state index in [0.717, 1.165) is 87.2 Å². The number of nitrogens with zero attached hydrogens (tertiary/aromatic N) is 6. The summed E-state index contributed by atoms with van der Waals surface area (Å²) in [6.07, 6.45) is 8.32. The van der Waals surface area contributed by atoms with E-state index in [9.17, 15) is 14.9 Å². The Balaban J connectivity index is 1.27. The van der Waals surface area contributed by atoms with Gasteiger partial charge in [0, 0.05) is 48.3 Å². The first-order valence-corrected chi connectivity index (χ1v) is 15.5. The fourth-order valence-corrected chi connectivity index (χ4v) is 9.03. The van der Waals surface area contributed by atoms with Crippen LogP contribution in [0.25, 0.3) is 0 Å². The van der Waals surface area contributed by atoms with Crippen LogP contribution in [0, 0.1) is 28.1 Å². The predicted molar refractivity (Wildman–Crippen MR) is 156 cm³/mol. The van der Waals surface area contributed by atoms with Crippen LogP contribution < -0.4 is 10.6 Å². The number of benzene rings is 1. The lowest BCUT2D eigenvalue weighted by Crippen LogP contribution is -2.55. The first-order chi connectivity index (χ1) is 19.7. The van der Waals surface area contributed by atoms with E-state index in [-0.39, 0.29) is 16.4 Å². The molecular weight excluding hydrogens is 513 g/mol. The summed E-state index contributed by atoms with van der Waals surface area (Å²) < 4.78 is 14.5. The molecule has 1 aromatic heterocycles. The van der Waals surface area contributed by atoms with Gasteiger partial charge < -0.3 is 10.6 Å². The topological polar surface area (TPSA) is 106 Å². The number of nitrogen functional groups attached to an aromatic ring is 1. The first-order valence-electron chi connectivity index (χ1n) is 15.5. The number of fused-ring (bicyclic) bond motifs is 4. The zero-order valence-electron chi connectivity index (χ0n) is 24.3. The molecule has 2 N–H and O–H groups in total. The van der Waals surface area contributed by atoms with Crippen LogP contribution in [0.1, 0.15) is 98.5 Å². The highest BCUT2D eigenvalue weighted by atomic mass is 19.1. The minimum Gasteiger partial charge on any atom is -0.398 e. The van der Waals surface area contributed by atoms with E-state index in [1.807, 2.05) is 13.0 Å². The molecule has 4 unspecified atom stereocenters. The molecule has 7 nitrogen and oxygen atoms in total. The molecule has 5 aliphatic rings. The third-order valence-corrected chi connectivity index (χ3v) is 11.2. The smallest absolute Gasteiger partial charge is 0.135 e. The van der Waals surface area contributed by atoms with Gasteiger partial charge in [-0.3, -0.25) is 4.90 Å². The number of aryl methyl sites for hydroxylation is 1. The van der Waals surface area contributed by atoms with Gasteiger partial charge in [0.25, 0.3) is 0 Å². The van der Waals surface area contributed by atoms with Gasteiger partial charge >= 0.3 is 0 Å². The van der Waals surface area contributed by atoms with Crippen LogP contribution in [0.5, 0.6) is 0 Å². The molecule has 7 rings (SSSR count). The molecule has 0 amide bonds. The number of rotatable bonds is 4. The number of hydrogen-bond donors (Lipinski definition) is 1. The molecule has 1 aromatic carbocycles. The number of alkyl halides is 1. The second-order valence-corrected chi connectivity index (χ2v) is 14.0. The monoisotopic (exact) mass is 553 g/mol. The predicted octanol–water partition coefficient (Wildman–Crippen LogP) is 5.11. The quantitative estimate of drug-likeness (QED) is 0.524. The number of anilines is 2. The molecule has 2 aromatic rings. The largest absolute Gasteiger partial charge is 0.398 e. The lowest BCUT2D eigenvalue weighted by molar-refractivity contribution is 0.181. The molecule has 1 spiro atoms. The zero-order valence-corrected chi connectivity index (χ0v) is 24.3. The van der Waals surface area contributed by atoms with Gasteiger partial charge in [-0.1, -0.05) is 13.0 Å². The van der Waals surface area contributed by atoms with Crippen LogP contribution in [0.2, 0.25) is 0 Å². The van der Waals surface area contributed by atoms with Gasteiger partial charge in [0.2, 0.25) is 0 Å². The molecule has 0 saturated carbocycles. The van der Waals surface area contributed by atoms with Crippen molar-refractivity contribution in [2.45, 2.75) is 101 Å². The molecule has 41 heavy (non-hydrogen) atoms. The van der Waals surface area contributed by atoms with Crippen LogP contribution in [-0.4, -0.2) is 52.8 Å². The normalized spacial score (nSPS) is 31.6. The average Bonchev–Trinajstić information content (AvgIpc) is 3.47. The van der Waals surface area contributed by atoms with Gasteiger partial charge in [-0.25, -0.2) is 14.4 Å². The Morgan fingerprint density at radius 2 is 2.00 bits per heavy atom. The molecule has 3 aliphatic heterocycles. The van der Waals surface area contributed by atoms with Crippen molar-refractivity contribution in [2.75, 3.05) is 36.8 Å². The SMILES string of the molecule is CC1CCC2(CCc3c(nc(CCC45CCCN4CC(F)C5)nc3N3CC(C)(C#N)C3)C2)c2c1ccc(N)c2C#N. The van der Waals surface area contributed by atoms with E-state index in [0.29, 0.717) is 43.2 Å². The van der Waals surface area contributed by atoms with Crippen LogP contribution in [0.4, 0.5) is 15.9 Å². The minimum absolute atomic E-state index is 0.0616.